The summed E-state index contributed by atoms with van der Waals surface area (Å²) in [5, 5.41) is 2.93. The first-order valence-electron chi connectivity index (χ1n) is 6.49. The summed E-state index contributed by atoms with van der Waals surface area (Å²) in [6, 6.07) is 1.27. The number of piperazine rings is 1. The summed E-state index contributed by atoms with van der Waals surface area (Å²) in [6.45, 7) is 6.22. The normalized spacial score (nSPS) is 24.4. The maximum absolute atomic E-state index is 5.12. The second-order valence-corrected chi connectivity index (χ2v) is 4.96. The zero-order valence-corrected chi connectivity index (χ0v) is 12.2. The van der Waals surface area contributed by atoms with E-state index in [4.69, 9.17) is 4.74 Å². The van der Waals surface area contributed by atoms with Gasteiger partial charge in [-0.05, 0) is 20.9 Å². The van der Waals surface area contributed by atoms with E-state index < -0.39 is 0 Å². The maximum Gasteiger partial charge on any atom is 0.322 e. The van der Waals surface area contributed by atoms with E-state index in [9.17, 15) is 0 Å². The van der Waals surface area contributed by atoms with Crippen LogP contribution in [0.2, 0.25) is 0 Å². The topological polar surface area (TPSA) is 66.4 Å². The first kappa shape index (κ1) is 13.8. The average Bonchev–Trinajstić information content (AvgIpc) is 2.43. The number of hydrogen-bond acceptors (Lipinski definition) is 7. The van der Waals surface area contributed by atoms with Crippen molar-refractivity contribution < 1.29 is 4.74 Å². The quantitative estimate of drug-likeness (QED) is 0.852. The smallest absolute Gasteiger partial charge is 0.322 e. The Balaban J connectivity index is 2.26. The molecule has 1 fully saturated rings. The van der Waals surface area contributed by atoms with Gasteiger partial charge in [0.15, 0.2) is 0 Å². The monoisotopic (exact) mass is 266 g/mol. The van der Waals surface area contributed by atoms with Crippen molar-refractivity contribution in [2.75, 3.05) is 44.5 Å². The van der Waals surface area contributed by atoms with Crippen molar-refractivity contribution in [1.29, 1.82) is 0 Å². The van der Waals surface area contributed by atoms with Crippen molar-refractivity contribution in [3.63, 3.8) is 0 Å². The molecule has 0 amide bonds. The van der Waals surface area contributed by atoms with Crippen molar-refractivity contribution in [3.05, 3.63) is 0 Å². The Hall–Kier alpha value is -1.63. The second-order valence-electron chi connectivity index (χ2n) is 4.96. The van der Waals surface area contributed by atoms with Crippen molar-refractivity contribution in [3.8, 4) is 6.01 Å². The first-order valence-corrected chi connectivity index (χ1v) is 6.49. The van der Waals surface area contributed by atoms with E-state index in [1.807, 2.05) is 0 Å². The predicted molar refractivity (Wildman–Crippen MR) is 74.8 cm³/mol. The molecule has 0 aromatic carbocycles. The van der Waals surface area contributed by atoms with Crippen LogP contribution in [0.4, 0.5) is 11.9 Å². The summed E-state index contributed by atoms with van der Waals surface area (Å²) in [5.74, 6) is 1.20. The number of nitrogens with one attached hydrogen (secondary N) is 1. The molecule has 0 bridgehead atoms. The zero-order chi connectivity index (χ0) is 14.0. The van der Waals surface area contributed by atoms with Crippen LogP contribution >= 0.6 is 0 Å². The number of likely N-dealkylation sites (N-methyl/N-ethyl adjacent to an activating group) is 1. The van der Waals surface area contributed by atoms with Crippen LogP contribution in [0, 0.1) is 0 Å². The third kappa shape index (κ3) is 2.86. The molecule has 1 N–H and O–H groups in total. The van der Waals surface area contributed by atoms with Gasteiger partial charge < -0.3 is 15.0 Å². The molecule has 7 nitrogen and oxygen atoms in total. The zero-order valence-electron chi connectivity index (χ0n) is 12.2. The summed E-state index contributed by atoms with van der Waals surface area (Å²) in [7, 11) is 5.50. The molecule has 106 valence electrons. The number of rotatable bonds is 3. The van der Waals surface area contributed by atoms with Gasteiger partial charge in [0.1, 0.15) is 0 Å². The predicted octanol–water partition coefficient (Wildman–Crippen LogP) is 0.451. The number of methoxy groups -OCH3 is 1. The lowest BCUT2D eigenvalue weighted by Gasteiger charge is -2.42. The van der Waals surface area contributed by atoms with Crippen molar-refractivity contribution in [1.82, 2.24) is 19.9 Å². The van der Waals surface area contributed by atoms with E-state index in [-0.39, 0.29) is 0 Å². The molecule has 0 aliphatic carbocycles. The van der Waals surface area contributed by atoms with Gasteiger partial charge in [0.25, 0.3) is 0 Å². The SMILES string of the molecule is CNc1nc(OC)nc(N2CC(C)N(C)C(C)C2)n1. The fourth-order valence-corrected chi connectivity index (χ4v) is 2.26. The van der Waals surface area contributed by atoms with Crippen LogP contribution in [-0.4, -0.2) is 66.2 Å². The minimum Gasteiger partial charge on any atom is -0.467 e. The summed E-state index contributed by atoms with van der Waals surface area (Å²) in [5.41, 5.74) is 0. The Morgan fingerprint density at radius 1 is 1.16 bits per heavy atom. The van der Waals surface area contributed by atoms with E-state index in [1.165, 1.54) is 0 Å². The van der Waals surface area contributed by atoms with Gasteiger partial charge >= 0.3 is 6.01 Å². The standard InChI is InChI=1S/C12H22N6O/c1-8-6-18(7-9(2)17(8)4)11-14-10(13-3)15-12(16-11)19-5/h8-9H,6-7H2,1-5H3,(H,13,14,15,16). The van der Waals surface area contributed by atoms with Crippen LogP contribution in [-0.2, 0) is 0 Å². The lowest BCUT2D eigenvalue weighted by molar-refractivity contribution is 0.169. The van der Waals surface area contributed by atoms with Gasteiger partial charge in [-0.2, -0.15) is 15.0 Å². The van der Waals surface area contributed by atoms with Crippen molar-refractivity contribution >= 4 is 11.9 Å². The molecule has 1 saturated heterocycles. The molecule has 19 heavy (non-hydrogen) atoms. The highest BCUT2D eigenvalue weighted by Gasteiger charge is 2.28. The Labute approximate surface area is 114 Å². The highest BCUT2D eigenvalue weighted by molar-refractivity contribution is 5.39. The molecule has 0 saturated carbocycles. The molecule has 1 aliphatic rings. The summed E-state index contributed by atoms with van der Waals surface area (Å²) < 4.78 is 5.12. The molecule has 1 aliphatic heterocycles. The number of anilines is 2. The van der Waals surface area contributed by atoms with Gasteiger partial charge in [-0.1, -0.05) is 0 Å². The molecule has 2 heterocycles. The number of aromatic nitrogens is 3. The molecule has 2 unspecified atom stereocenters. The largest absolute Gasteiger partial charge is 0.467 e. The summed E-state index contributed by atoms with van der Waals surface area (Å²) in [6.07, 6.45) is 0. The van der Waals surface area contributed by atoms with Crippen molar-refractivity contribution in [2.45, 2.75) is 25.9 Å². The van der Waals surface area contributed by atoms with Gasteiger partial charge in [0.05, 0.1) is 7.11 Å². The third-order valence-electron chi connectivity index (χ3n) is 3.65. The minimum atomic E-state index is 0.341. The third-order valence-corrected chi connectivity index (χ3v) is 3.65. The molecule has 2 atom stereocenters. The Bertz CT molecular complexity index is 406. The van der Waals surface area contributed by atoms with Crippen LogP contribution in [0.5, 0.6) is 6.01 Å². The molecule has 0 radical (unpaired) electrons. The van der Waals surface area contributed by atoms with E-state index in [2.05, 4.69) is 51.0 Å². The van der Waals surface area contributed by atoms with Crippen LogP contribution in [0.3, 0.4) is 0 Å². The van der Waals surface area contributed by atoms with Gasteiger partial charge in [-0.3, -0.25) is 4.90 Å². The molecule has 0 spiro atoms. The van der Waals surface area contributed by atoms with E-state index in [0.29, 0.717) is 30.0 Å². The molecule has 1 aromatic rings. The van der Waals surface area contributed by atoms with Gasteiger partial charge in [0.2, 0.25) is 11.9 Å². The maximum atomic E-state index is 5.12. The number of hydrogen-bond donors (Lipinski definition) is 1. The fourth-order valence-electron chi connectivity index (χ4n) is 2.26. The van der Waals surface area contributed by atoms with Crippen LogP contribution in [0.15, 0.2) is 0 Å². The molecular formula is C12H22N6O. The van der Waals surface area contributed by atoms with E-state index in [1.54, 1.807) is 14.2 Å². The minimum absolute atomic E-state index is 0.341. The Kier molecular flexibility index (Phi) is 4.04. The fraction of sp³-hybridized carbons (Fsp3) is 0.750. The highest BCUT2D eigenvalue weighted by atomic mass is 16.5. The molecular weight excluding hydrogens is 244 g/mol. The van der Waals surface area contributed by atoms with Gasteiger partial charge in [0, 0.05) is 32.2 Å². The molecule has 7 heteroatoms. The highest BCUT2D eigenvalue weighted by Crippen LogP contribution is 2.20. The van der Waals surface area contributed by atoms with Crippen LogP contribution in [0.25, 0.3) is 0 Å². The second kappa shape index (κ2) is 5.56. The van der Waals surface area contributed by atoms with E-state index >= 15 is 0 Å². The first-order chi connectivity index (χ1) is 9.05. The Morgan fingerprint density at radius 2 is 1.79 bits per heavy atom. The van der Waals surface area contributed by atoms with E-state index in [0.717, 1.165) is 13.1 Å². The van der Waals surface area contributed by atoms with Gasteiger partial charge in [-0.15, -0.1) is 0 Å². The molecule has 1 aromatic heterocycles. The lowest BCUT2D eigenvalue weighted by Crippen LogP contribution is -2.55. The van der Waals surface area contributed by atoms with Crippen LogP contribution in [0.1, 0.15) is 13.8 Å². The number of nitrogens with zero attached hydrogens (tertiary/aromatic N) is 5. The number of ether oxygens (including phenoxy) is 1. The summed E-state index contributed by atoms with van der Waals surface area (Å²) >= 11 is 0. The molecule has 2 rings (SSSR count). The van der Waals surface area contributed by atoms with Crippen molar-refractivity contribution in [2.24, 2.45) is 0 Å². The van der Waals surface area contributed by atoms with Crippen LogP contribution < -0.4 is 15.0 Å². The van der Waals surface area contributed by atoms with Gasteiger partial charge in [-0.25, -0.2) is 0 Å². The average molecular weight is 266 g/mol. The lowest BCUT2D eigenvalue weighted by atomic mass is 10.1. The summed E-state index contributed by atoms with van der Waals surface area (Å²) in [4.78, 5) is 17.4. The Morgan fingerprint density at radius 3 is 2.32 bits per heavy atom.